The van der Waals surface area contributed by atoms with Gasteiger partial charge in [-0.25, -0.2) is 4.90 Å². The summed E-state index contributed by atoms with van der Waals surface area (Å²) in [6.07, 6.45) is 1.99. The number of aryl methyl sites for hydroxylation is 1. The first kappa shape index (κ1) is 20.0. The number of piperidine rings is 1. The molecule has 2 heterocycles. The zero-order chi connectivity index (χ0) is 20.7. The summed E-state index contributed by atoms with van der Waals surface area (Å²) >= 11 is 12.2. The summed E-state index contributed by atoms with van der Waals surface area (Å²) in [6.45, 7) is 5.60. The summed E-state index contributed by atoms with van der Waals surface area (Å²) in [6, 6.07) is 12.3. The van der Waals surface area contributed by atoms with Crippen LogP contribution in [0.4, 0.5) is 5.69 Å². The molecular weight excluding hydrogens is 407 g/mol. The van der Waals surface area contributed by atoms with Gasteiger partial charge < -0.3 is 4.90 Å². The minimum Gasteiger partial charge on any atom is -0.366 e. The molecule has 2 aromatic rings. The lowest BCUT2D eigenvalue weighted by atomic mass is 9.97. The van der Waals surface area contributed by atoms with Gasteiger partial charge in [0.1, 0.15) is 5.70 Å². The Hall–Kier alpha value is -2.30. The number of carbonyl (C=O) groups is 2. The van der Waals surface area contributed by atoms with E-state index in [2.05, 4.69) is 11.8 Å². The van der Waals surface area contributed by atoms with Crippen molar-refractivity contribution in [2.75, 3.05) is 18.0 Å². The van der Waals surface area contributed by atoms with Crippen molar-refractivity contribution in [2.24, 2.45) is 5.92 Å². The van der Waals surface area contributed by atoms with E-state index in [1.807, 2.05) is 13.0 Å². The first-order valence-electron chi connectivity index (χ1n) is 9.77. The average molecular weight is 429 g/mol. The third-order valence-corrected chi connectivity index (χ3v) is 6.19. The second-order valence-corrected chi connectivity index (χ2v) is 8.65. The fourth-order valence-electron chi connectivity index (χ4n) is 3.96. The Labute approximate surface area is 180 Å². The van der Waals surface area contributed by atoms with E-state index in [-0.39, 0.29) is 11.8 Å². The van der Waals surface area contributed by atoms with Gasteiger partial charge in [-0.15, -0.1) is 0 Å². The highest BCUT2D eigenvalue weighted by atomic mass is 35.5. The van der Waals surface area contributed by atoms with E-state index in [1.54, 1.807) is 36.4 Å². The molecule has 29 heavy (non-hydrogen) atoms. The zero-order valence-electron chi connectivity index (χ0n) is 16.4. The van der Waals surface area contributed by atoms with Crippen LogP contribution in [0.25, 0.3) is 5.57 Å². The smallest absolute Gasteiger partial charge is 0.282 e. The van der Waals surface area contributed by atoms with Gasteiger partial charge in [0.2, 0.25) is 0 Å². The molecule has 2 aliphatic rings. The Morgan fingerprint density at radius 2 is 1.52 bits per heavy atom. The first-order valence-corrected chi connectivity index (χ1v) is 10.5. The Morgan fingerprint density at radius 1 is 0.897 bits per heavy atom. The molecule has 0 atom stereocenters. The van der Waals surface area contributed by atoms with Crippen LogP contribution in [0, 0.1) is 12.8 Å². The predicted molar refractivity (Wildman–Crippen MR) is 117 cm³/mol. The molecule has 2 aliphatic heterocycles. The van der Waals surface area contributed by atoms with Crippen LogP contribution in [-0.2, 0) is 9.59 Å². The SMILES string of the molecule is Cc1ccc(Cl)cc1N1C(=O)C(c2ccc(Cl)cc2)=C(N2CCC(C)CC2)C1=O. The van der Waals surface area contributed by atoms with Crippen LogP contribution in [-0.4, -0.2) is 29.8 Å². The predicted octanol–water partition coefficient (Wildman–Crippen LogP) is 5.32. The van der Waals surface area contributed by atoms with Gasteiger partial charge in [-0.1, -0.05) is 48.3 Å². The highest BCUT2D eigenvalue weighted by Gasteiger charge is 2.43. The van der Waals surface area contributed by atoms with Crippen molar-refractivity contribution >= 4 is 46.3 Å². The molecule has 0 aliphatic carbocycles. The molecule has 0 radical (unpaired) electrons. The summed E-state index contributed by atoms with van der Waals surface area (Å²) in [7, 11) is 0. The van der Waals surface area contributed by atoms with Gasteiger partial charge in [0.05, 0.1) is 11.3 Å². The number of nitrogens with zero attached hydrogens (tertiary/aromatic N) is 2. The summed E-state index contributed by atoms with van der Waals surface area (Å²) < 4.78 is 0. The number of hydrogen-bond donors (Lipinski definition) is 0. The van der Waals surface area contributed by atoms with Crippen molar-refractivity contribution in [3.8, 4) is 0 Å². The lowest BCUT2D eigenvalue weighted by molar-refractivity contribution is -0.120. The number of benzene rings is 2. The Kier molecular flexibility index (Phi) is 5.41. The highest BCUT2D eigenvalue weighted by molar-refractivity contribution is 6.46. The fraction of sp³-hybridized carbons (Fsp3) is 0.304. The van der Waals surface area contributed by atoms with E-state index < -0.39 is 0 Å². The first-order chi connectivity index (χ1) is 13.9. The molecule has 0 bridgehead atoms. The number of halogens is 2. The van der Waals surface area contributed by atoms with E-state index >= 15 is 0 Å². The third kappa shape index (κ3) is 3.67. The van der Waals surface area contributed by atoms with Gasteiger partial charge in [-0.05, 0) is 61.1 Å². The van der Waals surface area contributed by atoms with Crippen molar-refractivity contribution < 1.29 is 9.59 Å². The molecule has 0 N–H and O–H groups in total. The van der Waals surface area contributed by atoms with Gasteiger partial charge >= 0.3 is 0 Å². The standard InChI is InChI=1S/C23H22Cl2N2O2/c1-14-9-11-26(12-10-14)21-20(16-4-7-17(24)8-5-16)22(28)27(23(21)29)19-13-18(25)6-3-15(19)2/h3-8,13-14H,9-12H2,1-2H3. The molecule has 150 valence electrons. The summed E-state index contributed by atoms with van der Waals surface area (Å²) in [4.78, 5) is 30.4. The van der Waals surface area contributed by atoms with Crippen molar-refractivity contribution in [3.05, 3.63) is 69.3 Å². The Balaban J connectivity index is 1.83. The second-order valence-electron chi connectivity index (χ2n) is 7.78. The van der Waals surface area contributed by atoms with Crippen molar-refractivity contribution in [2.45, 2.75) is 26.7 Å². The van der Waals surface area contributed by atoms with Gasteiger partial charge in [0, 0.05) is 23.1 Å². The molecule has 6 heteroatoms. The summed E-state index contributed by atoms with van der Waals surface area (Å²) in [5.74, 6) is 0.000460. The van der Waals surface area contributed by atoms with Crippen LogP contribution in [0.1, 0.15) is 30.9 Å². The van der Waals surface area contributed by atoms with E-state index in [4.69, 9.17) is 23.2 Å². The molecular formula is C23H22Cl2N2O2. The molecule has 0 unspecified atom stereocenters. The molecule has 0 aromatic heterocycles. The van der Waals surface area contributed by atoms with Crippen molar-refractivity contribution in [1.29, 1.82) is 0 Å². The molecule has 4 nitrogen and oxygen atoms in total. The number of hydrogen-bond acceptors (Lipinski definition) is 3. The van der Waals surface area contributed by atoms with Crippen LogP contribution >= 0.6 is 23.2 Å². The molecule has 4 rings (SSSR count). The molecule has 1 fully saturated rings. The summed E-state index contributed by atoms with van der Waals surface area (Å²) in [5.41, 5.74) is 2.95. The maximum Gasteiger partial charge on any atom is 0.282 e. The minimum atomic E-state index is -0.323. The number of anilines is 1. The largest absolute Gasteiger partial charge is 0.366 e. The van der Waals surface area contributed by atoms with Gasteiger partial charge in [0.15, 0.2) is 0 Å². The van der Waals surface area contributed by atoms with Gasteiger partial charge in [0.25, 0.3) is 11.8 Å². The number of imide groups is 1. The van der Waals surface area contributed by atoms with Gasteiger partial charge in [-0.2, -0.15) is 0 Å². The van der Waals surface area contributed by atoms with Crippen LogP contribution in [0.2, 0.25) is 10.0 Å². The minimum absolute atomic E-state index is 0.292. The van der Waals surface area contributed by atoms with Crippen LogP contribution in [0.5, 0.6) is 0 Å². The molecule has 1 saturated heterocycles. The highest BCUT2D eigenvalue weighted by Crippen LogP contribution is 2.38. The van der Waals surface area contributed by atoms with Crippen LogP contribution in [0.3, 0.4) is 0 Å². The second kappa shape index (κ2) is 7.85. The Morgan fingerprint density at radius 3 is 2.17 bits per heavy atom. The fourth-order valence-corrected chi connectivity index (χ4v) is 4.26. The maximum atomic E-state index is 13.5. The lowest BCUT2D eigenvalue weighted by Gasteiger charge is -2.32. The average Bonchev–Trinajstić information content (AvgIpc) is 2.95. The van der Waals surface area contributed by atoms with Crippen molar-refractivity contribution in [1.82, 2.24) is 4.90 Å². The van der Waals surface area contributed by atoms with Crippen LogP contribution in [0.15, 0.2) is 48.2 Å². The molecule has 2 amide bonds. The van der Waals surface area contributed by atoms with E-state index in [0.29, 0.717) is 38.5 Å². The summed E-state index contributed by atoms with van der Waals surface area (Å²) in [5, 5.41) is 1.07. The Bertz CT molecular complexity index is 1010. The number of amides is 2. The number of rotatable bonds is 3. The molecule has 0 saturated carbocycles. The number of carbonyl (C=O) groups excluding carboxylic acids is 2. The zero-order valence-corrected chi connectivity index (χ0v) is 17.9. The normalized spacial score (nSPS) is 18.2. The van der Waals surface area contributed by atoms with Crippen molar-refractivity contribution in [3.63, 3.8) is 0 Å². The van der Waals surface area contributed by atoms with Gasteiger partial charge in [-0.3, -0.25) is 9.59 Å². The number of likely N-dealkylation sites (tertiary alicyclic amines) is 1. The topological polar surface area (TPSA) is 40.6 Å². The molecule has 2 aromatic carbocycles. The molecule has 0 spiro atoms. The maximum absolute atomic E-state index is 13.5. The quantitative estimate of drug-likeness (QED) is 0.621. The third-order valence-electron chi connectivity index (χ3n) is 5.70. The monoisotopic (exact) mass is 428 g/mol. The van der Waals surface area contributed by atoms with E-state index in [0.717, 1.165) is 31.5 Å². The van der Waals surface area contributed by atoms with Crippen LogP contribution < -0.4 is 4.90 Å². The lowest BCUT2D eigenvalue weighted by Crippen LogP contribution is -2.38. The van der Waals surface area contributed by atoms with E-state index in [9.17, 15) is 9.59 Å². The van der Waals surface area contributed by atoms with E-state index in [1.165, 1.54) is 4.90 Å².